The van der Waals surface area contributed by atoms with Crippen LogP contribution in [0, 0.1) is 12.7 Å². The highest BCUT2D eigenvalue weighted by Crippen LogP contribution is 2.14. The van der Waals surface area contributed by atoms with Crippen LogP contribution in [0.1, 0.15) is 29.3 Å². The number of H-pyrrole nitrogens is 1. The van der Waals surface area contributed by atoms with Crippen LogP contribution < -0.4 is 15.8 Å². The maximum atomic E-state index is 13.2. The number of carbonyl (C=O) groups excluding carboxylic acids is 1. The van der Waals surface area contributed by atoms with Crippen molar-refractivity contribution >= 4 is 11.9 Å². The van der Waals surface area contributed by atoms with E-state index in [0.717, 1.165) is 0 Å². The van der Waals surface area contributed by atoms with Crippen LogP contribution in [-0.4, -0.2) is 53.8 Å². The van der Waals surface area contributed by atoms with Gasteiger partial charge in [-0.3, -0.25) is 14.6 Å². The zero-order chi connectivity index (χ0) is 20.8. The number of amides is 1. The second-order valence-electron chi connectivity index (χ2n) is 6.93. The molecule has 8 nitrogen and oxygen atoms in total. The average Bonchev–Trinajstić information content (AvgIpc) is 2.72. The highest BCUT2D eigenvalue weighted by Gasteiger charge is 2.17. The van der Waals surface area contributed by atoms with Gasteiger partial charge >= 0.3 is 0 Å². The number of nitrogens with one attached hydrogen (secondary N) is 2. The Morgan fingerprint density at radius 1 is 1.41 bits per heavy atom. The number of morpholine rings is 1. The van der Waals surface area contributed by atoms with Crippen molar-refractivity contribution in [2.75, 3.05) is 37.7 Å². The zero-order valence-corrected chi connectivity index (χ0v) is 16.3. The van der Waals surface area contributed by atoms with E-state index >= 15 is 0 Å². The molecule has 0 spiro atoms. The molecule has 3 N–H and O–H groups in total. The number of anilines is 1. The molecule has 0 bridgehead atoms. The molecule has 1 unspecified atom stereocenters. The predicted octanol–water partition coefficient (Wildman–Crippen LogP) is 0.836. The molecule has 0 saturated carbocycles. The third-order valence-electron chi connectivity index (χ3n) is 4.85. The van der Waals surface area contributed by atoms with Crippen LogP contribution in [-0.2, 0) is 16.0 Å². The van der Waals surface area contributed by atoms with Gasteiger partial charge in [0, 0.05) is 37.3 Å². The lowest BCUT2D eigenvalue weighted by molar-refractivity contribution is -0.121. The van der Waals surface area contributed by atoms with E-state index in [1.54, 1.807) is 13.0 Å². The van der Waals surface area contributed by atoms with Crippen molar-refractivity contribution in [2.45, 2.75) is 25.9 Å². The normalized spacial score (nSPS) is 15.2. The van der Waals surface area contributed by atoms with Crippen LogP contribution in [0.3, 0.4) is 0 Å². The Labute approximate surface area is 167 Å². The molecule has 2 aromatic rings. The van der Waals surface area contributed by atoms with Crippen LogP contribution in [0.4, 0.5) is 10.3 Å². The zero-order valence-electron chi connectivity index (χ0n) is 16.3. The Kier molecular flexibility index (Phi) is 6.95. The average molecular weight is 404 g/mol. The van der Waals surface area contributed by atoms with Crippen LogP contribution in [0.5, 0.6) is 0 Å². The van der Waals surface area contributed by atoms with Gasteiger partial charge in [-0.15, -0.1) is 0 Å². The van der Waals surface area contributed by atoms with E-state index in [1.807, 2.05) is 4.90 Å². The standard InChI is InChI=1S/C20H25FN4O4/c1-13-16(19(28)24-20(23-13)25-7-9-29-10-8-25)5-6-18(27)22-12-17(26)14-3-2-4-15(21)11-14/h2-4,11,17,26H,5-10,12H2,1H3,(H,22,27)(H,23,24,28). The van der Waals surface area contributed by atoms with Gasteiger partial charge in [0.05, 0.1) is 19.3 Å². The fourth-order valence-electron chi connectivity index (χ4n) is 3.18. The molecule has 1 aromatic heterocycles. The molecule has 1 saturated heterocycles. The minimum Gasteiger partial charge on any atom is -0.387 e. The maximum Gasteiger partial charge on any atom is 0.255 e. The smallest absolute Gasteiger partial charge is 0.255 e. The number of aromatic amines is 1. The quantitative estimate of drug-likeness (QED) is 0.631. The van der Waals surface area contributed by atoms with Crippen molar-refractivity contribution in [1.29, 1.82) is 0 Å². The van der Waals surface area contributed by atoms with Gasteiger partial charge in [0.25, 0.3) is 5.56 Å². The number of aromatic nitrogens is 2. The van der Waals surface area contributed by atoms with Crippen LogP contribution >= 0.6 is 0 Å². The van der Waals surface area contributed by atoms with Gasteiger partial charge in [-0.2, -0.15) is 0 Å². The van der Waals surface area contributed by atoms with Crippen LogP contribution in [0.25, 0.3) is 0 Å². The lowest BCUT2D eigenvalue weighted by Crippen LogP contribution is -2.38. The van der Waals surface area contributed by atoms with Gasteiger partial charge in [0.15, 0.2) is 0 Å². The summed E-state index contributed by atoms with van der Waals surface area (Å²) in [5, 5.41) is 12.7. The molecule has 1 atom stereocenters. The van der Waals surface area contributed by atoms with Crippen molar-refractivity contribution in [2.24, 2.45) is 0 Å². The van der Waals surface area contributed by atoms with Crippen molar-refractivity contribution in [3.63, 3.8) is 0 Å². The van der Waals surface area contributed by atoms with Crippen molar-refractivity contribution in [1.82, 2.24) is 15.3 Å². The van der Waals surface area contributed by atoms with Gasteiger partial charge in [-0.1, -0.05) is 12.1 Å². The minimum atomic E-state index is -1.01. The summed E-state index contributed by atoms with van der Waals surface area (Å²) in [6.07, 6.45) is -0.688. The Balaban J connectivity index is 1.53. The molecule has 1 aliphatic heterocycles. The van der Waals surface area contributed by atoms with Gasteiger partial charge < -0.3 is 20.1 Å². The van der Waals surface area contributed by atoms with E-state index in [0.29, 0.717) is 49.1 Å². The summed E-state index contributed by atoms with van der Waals surface area (Å²) in [6.45, 7) is 4.22. The van der Waals surface area contributed by atoms with E-state index in [9.17, 15) is 19.1 Å². The molecule has 2 heterocycles. The first-order valence-electron chi connectivity index (χ1n) is 9.57. The highest BCUT2D eigenvalue weighted by molar-refractivity contribution is 5.76. The number of hydrogen-bond acceptors (Lipinski definition) is 6. The fourth-order valence-corrected chi connectivity index (χ4v) is 3.18. The third kappa shape index (κ3) is 5.61. The molecule has 1 amide bonds. The van der Waals surface area contributed by atoms with Gasteiger partial charge in [-0.05, 0) is 31.0 Å². The lowest BCUT2D eigenvalue weighted by atomic mass is 10.1. The molecular weight excluding hydrogens is 379 g/mol. The first kappa shape index (κ1) is 20.9. The van der Waals surface area contributed by atoms with E-state index in [1.165, 1.54) is 18.2 Å². The van der Waals surface area contributed by atoms with E-state index in [2.05, 4.69) is 15.3 Å². The number of ether oxygens (including phenoxy) is 1. The van der Waals surface area contributed by atoms with Gasteiger partial charge in [0.2, 0.25) is 11.9 Å². The number of nitrogens with zero attached hydrogens (tertiary/aromatic N) is 2. The molecule has 0 aliphatic carbocycles. The maximum absolute atomic E-state index is 13.2. The number of aliphatic hydroxyl groups is 1. The third-order valence-corrected chi connectivity index (χ3v) is 4.85. The number of carbonyl (C=O) groups is 1. The molecule has 0 radical (unpaired) electrons. The summed E-state index contributed by atoms with van der Waals surface area (Å²) in [6, 6.07) is 5.59. The summed E-state index contributed by atoms with van der Waals surface area (Å²) >= 11 is 0. The number of aryl methyl sites for hydroxylation is 1. The summed E-state index contributed by atoms with van der Waals surface area (Å²) in [5.41, 5.74) is 1.18. The Hall–Kier alpha value is -2.78. The Morgan fingerprint density at radius 2 is 2.17 bits per heavy atom. The van der Waals surface area contributed by atoms with E-state index in [4.69, 9.17) is 4.74 Å². The second-order valence-corrected chi connectivity index (χ2v) is 6.93. The summed E-state index contributed by atoms with van der Waals surface area (Å²) in [5.74, 6) is -0.241. The predicted molar refractivity (Wildman–Crippen MR) is 105 cm³/mol. The van der Waals surface area contributed by atoms with Crippen molar-refractivity contribution in [3.8, 4) is 0 Å². The van der Waals surface area contributed by atoms with Crippen LogP contribution in [0.2, 0.25) is 0 Å². The molecule has 1 aromatic carbocycles. The van der Waals surface area contributed by atoms with Crippen LogP contribution in [0.15, 0.2) is 29.1 Å². The SMILES string of the molecule is Cc1nc(N2CCOCC2)[nH]c(=O)c1CCC(=O)NCC(O)c1cccc(F)c1. The molecular formula is C20H25FN4O4. The van der Waals surface area contributed by atoms with Crippen molar-refractivity contribution < 1.29 is 19.0 Å². The second kappa shape index (κ2) is 9.62. The molecule has 9 heteroatoms. The van der Waals surface area contributed by atoms with Gasteiger partial charge in [-0.25, -0.2) is 9.37 Å². The number of halogens is 1. The Morgan fingerprint density at radius 3 is 2.86 bits per heavy atom. The molecule has 3 rings (SSSR count). The van der Waals surface area contributed by atoms with E-state index < -0.39 is 11.9 Å². The summed E-state index contributed by atoms with van der Waals surface area (Å²) in [4.78, 5) is 33.8. The number of hydrogen-bond donors (Lipinski definition) is 3. The molecule has 156 valence electrons. The monoisotopic (exact) mass is 404 g/mol. The Bertz CT molecular complexity index is 912. The van der Waals surface area contributed by atoms with E-state index in [-0.39, 0.29) is 30.9 Å². The largest absolute Gasteiger partial charge is 0.387 e. The fraction of sp³-hybridized carbons (Fsp3) is 0.450. The number of aliphatic hydroxyl groups excluding tert-OH is 1. The first-order chi connectivity index (χ1) is 13.9. The summed E-state index contributed by atoms with van der Waals surface area (Å²) < 4.78 is 18.5. The molecule has 29 heavy (non-hydrogen) atoms. The highest BCUT2D eigenvalue weighted by atomic mass is 19.1. The number of rotatable bonds is 7. The first-order valence-corrected chi connectivity index (χ1v) is 9.57. The summed E-state index contributed by atoms with van der Waals surface area (Å²) in [7, 11) is 0. The van der Waals surface area contributed by atoms with Gasteiger partial charge in [0.1, 0.15) is 5.82 Å². The molecule has 1 aliphatic rings. The number of benzene rings is 1. The minimum absolute atomic E-state index is 0.0359. The van der Waals surface area contributed by atoms with Crippen molar-refractivity contribution in [3.05, 3.63) is 57.3 Å². The topological polar surface area (TPSA) is 108 Å². The molecule has 1 fully saturated rings. The lowest BCUT2D eigenvalue weighted by Gasteiger charge is -2.27.